The minimum absolute atomic E-state index is 0.0279. The lowest BCUT2D eigenvalue weighted by Gasteiger charge is -2.32. The van der Waals surface area contributed by atoms with Crippen molar-refractivity contribution >= 4 is 11.6 Å². The Labute approximate surface area is 160 Å². The lowest BCUT2D eigenvalue weighted by atomic mass is 10.1. The molecule has 3 aromatic rings. The third-order valence-corrected chi connectivity index (χ3v) is 4.94. The van der Waals surface area contributed by atoms with Gasteiger partial charge in [0, 0.05) is 23.7 Å². The molecule has 0 N–H and O–H groups in total. The molecule has 3 heterocycles. The van der Waals surface area contributed by atoms with Gasteiger partial charge in [0.05, 0.1) is 17.9 Å². The molecule has 1 aliphatic heterocycles. The molecule has 0 bridgehead atoms. The van der Waals surface area contributed by atoms with E-state index in [1.54, 1.807) is 30.7 Å². The van der Waals surface area contributed by atoms with E-state index in [2.05, 4.69) is 15.0 Å². The van der Waals surface area contributed by atoms with E-state index in [4.69, 9.17) is 25.3 Å². The molecule has 0 spiro atoms. The number of rotatable bonds is 6. The van der Waals surface area contributed by atoms with Crippen molar-refractivity contribution < 1.29 is 18.1 Å². The van der Waals surface area contributed by atoms with Crippen molar-refractivity contribution in [2.24, 2.45) is 0 Å². The van der Waals surface area contributed by atoms with E-state index >= 15 is 0 Å². The van der Waals surface area contributed by atoms with Crippen LogP contribution in [0.4, 0.5) is 4.39 Å². The first-order valence-corrected chi connectivity index (χ1v) is 9.19. The minimum Gasteiger partial charge on any atom is -0.472 e. The number of likely N-dealkylation sites (tertiary alicyclic amines) is 1. The van der Waals surface area contributed by atoms with E-state index < -0.39 is 0 Å². The lowest BCUT2D eigenvalue weighted by Crippen LogP contribution is -2.39. The average Bonchev–Trinajstić information content (AvgIpc) is 3.35. The number of hydrogen-bond acceptors (Lipinski definition) is 6. The number of nitrogens with zero attached hydrogens (tertiary/aromatic N) is 3. The molecule has 0 aliphatic carbocycles. The van der Waals surface area contributed by atoms with Gasteiger partial charge in [-0.25, -0.2) is 4.39 Å². The molecule has 1 fully saturated rings. The summed E-state index contributed by atoms with van der Waals surface area (Å²) in [6.45, 7) is 2.33. The van der Waals surface area contributed by atoms with Crippen LogP contribution in [-0.2, 0) is 17.9 Å². The van der Waals surface area contributed by atoms with Crippen LogP contribution in [0.1, 0.15) is 24.2 Å². The maximum absolute atomic E-state index is 14.0. The van der Waals surface area contributed by atoms with E-state index in [-0.39, 0.29) is 18.5 Å². The molecule has 0 amide bonds. The molecule has 1 atom stereocenters. The van der Waals surface area contributed by atoms with Gasteiger partial charge in [0.15, 0.2) is 5.82 Å². The first-order valence-electron chi connectivity index (χ1n) is 8.81. The van der Waals surface area contributed by atoms with E-state index in [0.29, 0.717) is 35.4 Å². The van der Waals surface area contributed by atoms with E-state index in [0.717, 1.165) is 24.9 Å². The zero-order valence-corrected chi connectivity index (χ0v) is 15.4. The summed E-state index contributed by atoms with van der Waals surface area (Å²) in [7, 11) is 0. The van der Waals surface area contributed by atoms with Crippen molar-refractivity contribution in [3.8, 4) is 11.5 Å². The largest absolute Gasteiger partial charge is 0.472 e. The molecule has 1 aromatic carbocycles. The summed E-state index contributed by atoms with van der Waals surface area (Å²) in [4.78, 5) is 6.46. The highest BCUT2D eigenvalue weighted by molar-refractivity contribution is 6.31. The van der Waals surface area contributed by atoms with E-state index in [1.807, 2.05) is 0 Å². The maximum Gasteiger partial charge on any atom is 0.261 e. The molecular weight excluding hydrogens is 373 g/mol. The normalized spacial score (nSPS) is 18.1. The number of ether oxygens (including phenoxy) is 1. The van der Waals surface area contributed by atoms with Crippen molar-refractivity contribution in [3.05, 3.63) is 59.0 Å². The van der Waals surface area contributed by atoms with Gasteiger partial charge < -0.3 is 13.7 Å². The van der Waals surface area contributed by atoms with Crippen LogP contribution in [0.3, 0.4) is 0 Å². The molecule has 8 heteroatoms. The second kappa shape index (κ2) is 8.21. The summed E-state index contributed by atoms with van der Waals surface area (Å²) in [5.74, 6) is 0.617. The molecule has 1 aliphatic rings. The van der Waals surface area contributed by atoms with Crippen molar-refractivity contribution in [1.82, 2.24) is 15.0 Å². The Balaban J connectivity index is 1.32. The van der Waals surface area contributed by atoms with Crippen LogP contribution in [0.2, 0.25) is 5.02 Å². The summed E-state index contributed by atoms with van der Waals surface area (Å²) < 4.78 is 30.2. The fourth-order valence-corrected chi connectivity index (χ4v) is 3.43. The number of furan rings is 1. The minimum atomic E-state index is -0.274. The Bertz CT molecular complexity index is 864. The predicted octanol–water partition coefficient (Wildman–Crippen LogP) is 4.30. The number of benzene rings is 1. The van der Waals surface area contributed by atoms with Crippen molar-refractivity contribution in [2.75, 3.05) is 13.1 Å². The van der Waals surface area contributed by atoms with Gasteiger partial charge in [-0.3, -0.25) is 4.90 Å². The van der Waals surface area contributed by atoms with Crippen LogP contribution in [0.15, 0.2) is 45.7 Å². The molecular formula is C19H19ClFN3O3. The average molecular weight is 392 g/mol. The van der Waals surface area contributed by atoms with Crippen LogP contribution in [0.25, 0.3) is 11.5 Å². The second-order valence-electron chi connectivity index (χ2n) is 6.54. The molecule has 6 nitrogen and oxygen atoms in total. The highest BCUT2D eigenvalue weighted by atomic mass is 35.5. The molecule has 1 saturated heterocycles. The third kappa shape index (κ3) is 4.37. The smallest absolute Gasteiger partial charge is 0.261 e. The van der Waals surface area contributed by atoms with Gasteiger partial charge in [-0.2, -0.15) is 4.98 Å². The Morgan fingerprint density at radius 2 is 2.26 bits per heavy atom. The van der Waals surface area contributed by atoms with Gasteiger partial charge in [-0.15, -0.1) is 0 Å². The Morgan fingerprint density at radius 3 is 3.07 bits per heavy atom. The fraction of sp³-hybridized carbons (Fsp3) is 0.368. The molecule has 142 valence electrons. The Kier molecular flexibility index (Phi) is 5.52. The molecule has 4 rings (SSSR count). The van der Waals surface area contributed by atoms with E-state index in [1.165, 1.54) is 6.07 Å². The van der Waals surface area contributed by atoms with Crippen LogP contribution >= 0.6 is 11.6 Å². The second-order valence-corrected chi connectivity index (χ2v) is 6.95. The molecule has 0 radical (unpaired) electrons. The topological polar surface area (TPSA) is 64.5 Å². The molecule has 1 unspecified atom stereocenters. The number of aromatic nitrogens is 2. The van der Waals surface area contributed by atoms with Crippen LogP contribution in [0.5, 0.6) is 0 Å². The van der Waals surface area contributed by atoms with Gasteiger partial charge in [0.2, 0.25) is 0 Å². The quantitative estimate of drug-likeness (QED) is 0.624. The lowest BCUT2D eigenvalue weighted by molar-refractivity contribution is -0.0153. The molecule has 2 aromatic heterocycles. The van der Waals surface area contributed by atoms with Crippen molar-refractivity contribution in [3.63, 3.8) is 0 Å². The van der Waals surface area contributed by atoms with Crippen LogP contribution < -0.4 is 0 Å². The first kappa shape index (κ1) is 18.2. The monoisotopic (exact) mass is 391 g/mol. The highest BCUT2D eigenvalue weighted by Gasteiger charge is 2.23. The SMILES string of the molecule is Fc1cccc(Cl)c1CN1CCCC(OCc2noc(-c3ccoc3)n2)C1. The van der Waals surface area contributed by atoms with Crippen LogP contribution in [0, 0.1) is 5.82 Å². The van der Waals surface area contributed by atoms with Gasteiger partial charge >= 0.3 is 0 Å². The number of piperidine rings is 1. The zero-order chi connectivity index (χ0) is 18.6. The third-order valence-electron chi connectivity index (χ3n) is 4.59. The van der Waals surface area contributed by atoms with Crippen LogP contribution in [-0.4, -0.2) is 34.2 Å². The number of hydrogen-bond donors (Lipinski definition) is 0. The predicted molar refractivity (Wildman–Crippen MR) is 96.5 cm³/mol. The summed E-state index contributed by atoms with van der Waals surface area (Å²) >= 11 is 6.14. The van der Waals surface area contributed by atoms with Gasteiger partial charge in [0.25, 0.3) is 5.89 Å². The number of halogens is 2. The Hall–Kier alpha value is -2.22. The maximum atomic E-state index is 14.0. The van der Waals surface area contributed by atoms with Gasteiger partial charge in [-0.1, -0.05) is 22.8 Å². The molecule has 0 saturated carbocycles. The van der Waals surface area contributed by atoms with Gasteiger partial charge in [0.1, 0.15) is 18.7 Å². The highest BCUT2D eigenvalue weighted by Crippen LogP contribution is 2.24. The zero-order valence-electron chi connectivity index (χ0n) is 14.6. The standard InChI is InChI=1S/C19H19ClFN3O3/c20-16-4-1-5-17(21)15(16)10-24-7-2-3-14(9-24)26-12-18-22-19(27-23-18)13-6-8-25-11-13/h1,4-6,8,11,14H,2-3,7,9-10,12H2. The van der Waals surface area contributed by atoms with Gasteiger partial charge in [-0.05, 0) is 37.6 Å². The summed E-state index contributed by atoms with van der Waals surface area (Å²) in [6.07, 6.45) is 5.04. The fourth-order valence-electron chi connectivity index (χ4n) is 3.21. The summed E-state index contributed by atoms with van der Waals surface area (Å²) in [6, 6.07) is 6.52. The molecule has 27 heavy (non-hydrogen) atoms. The first-order chi connectivity index (χ1) is 13.2. The van der Waals surface area contributed by atoms with Crippen molar-refractivity contribution in [2.45, 2.75) is 32.1 Å². The summed E-state index contributed by atoms with van der Waals surface area (Å²) in [5, 5.41) is 4.39. The summed E-state index contributed by atoms with van der Waals surface area (Å²) in [5.41, 5.74) is 1.27. The Morgan fingerprint density at radius 1 is 1.33 bits per heavy atom. The van der Waals surface area contributed by atoms with Crippen molar-refractivity contribution in [1.29, 1.82) is 0 Å². The van der Waals surface area contributed by atoms with E-state index in [9.17, 15) is 4.39 Å².